The first kappa shape index (κ1) is 15.4. The van der Waals surface area contributed by atoms with Crippen molar-refractivity contribution in [1.82, 2.24) is 0 Å². The minimum absolute atomic E-state index is 0.108. The minimum atomic E-state index is -0.522. The number of halogens is 2. The summed E-state index contributed by atoms with van der Waals surface area (Å²) in [6, 6.07) is 6.82. The number of benzene rings is 1. The predicted octanol–water partition coefficient (Wildman–Crippen LogP) is 4.45. The van der Waals surface area contributed by atoms with Crippen LogP contribution in [0.4, 0.5) is 0 Å². The summed E-state index contributed by atoms with van der Waals surface area (Å²) in [6.45, 7) is 2.09. The molecular formula is C15H12Br2O5. The van der Waals surface area contributed by atoms with Crippen molar-refractivity contribution in [2.75, 3.05) is 6.79 Å². The summed E-state index contributed by atoms with van der Waals surface area (Å²) in [4.78, 5) is 12.0. The van der Waals surface area contributed by atoms with Gasteiger partial charge in [-0.2, -0.15) is 0 Å². The van der Waals surface area contributed by atoms with Crippen LogP contribution in [0.5, 0.6) is 11.5 Å². The molecule has 22 heavy (non-hydrogen) atoms. The van der Waals surface area contributed by atoms with Gasteiger partial charge in [-0.1, -0.05) is 31.9 Å². The van der Waals surface area contributed by atoms with Crippen molar-refractivity contribution in [3.8, 4) is 11.5 Å². The standard InChI is InChI=1S/C15H12Br2O5/c1-8(16)14(22-15(18)11-3-2-4-19-11)9-5-12-13(6-10(9)17)21-7-20-12/h2-6,8,14H,7H2,1H3/t8-,14+/m1/s1. The van der Waals surface area contributed by atoms with Crippen molar-refractivity contribution in [2.45, 2.75) is 17.9 Å². The zero-order valence-corrected chi connectivity index (χ0v) is 14.7. The number of hydrogen-bond donors (Lipinski definition) is 0. The third-order valence-electron chi connectivity index (χ3n) is 3.17. The van der Waals surface area contributed by atoms with E-state index >= 15 is 0 Å². The zero-order valence-electron chi connectivity index (χ0n) is 11.5. The van der Waals surface area contributed by atoms with Gasteiger partial charge in [0.05, 0.1) is 11.1 Å². The lowest BCUT2D eigenvalue weighted by molar-refractivity contribution is 0.0266. The van der Waals surface area contributed by atoms with E-state index in [0.29, 0.717) is 11.5 Å². The number of fused-ring (bicyclic) bond motifs is 1. The fourth-order valence-corrected chi connectivity index (χ4v) is 3.06. The highest BCUT2D eigenvalue weighted by Crippen LogP contribution is 2.41. The van der Waals surface area contributed by atoms with Gasteiger partial charge in [0.2, 0.25) is 12.6 Å². The lowest BCUT2D eigenvalue weighted by Crippen LogP contribution is -2.18. The zero-order chi connectivity index (χ0) is 15.7. The molecule has 2 atom stereocenters. The Bertz CT molecular complexity index is 681. The average Bonchev–Trinajstić information content (AvgIpc) is 3.14. The van der Waals surface area contributed by atoms with Crippen LogP contribution in [-0.4, -0.2) is 17.6 Å². The molecule has 1 aromatic heterocycles. The predicted molar refractivity (Wildman–Crippen MR) is 85.5 cm³/mol. The number of alkyl halides is 1. The third-order valence-corrected chi connectivity index (χ3v) is 4.34. The normalized spacial score (nSPS) is 15.4. The quantitative estimate of drug-likeness (QED) is 0.528. The molecule has 2 aromatic rings. The molecule has 0 fully saturated rings. The van der Waals surface area contributed by atoms with Crippen LogP contribution in [0.2, 0.25) is 0 Å². The van der Waals surface area contributed by atoms with E-state index in [2.05, 4.69) is 31.9 Å². The van der Waals surface area contributed by atoms with Gasteiger partial charge in [-0.05, 0) is 31.2 Å². The Balaban J connectivity index is 1.90. The summed E-state index contributed by atoms with van der Waals surface area (Å²) in [5.74, 6) is 0.931. The van der Waals surface area contributed by atoms with Crippen LogP contribution < -0.4 is 9.47 Å². The molecule has 3 rings (SSSR count). The molecule has 116 valence electrons. The highest BCUT2D eigenvalue weighted by molar-refractivity contribution is 9.10. The maximum atomic E-state index is 12.1. The monoisotopic (exact) mass is 430 g/mol. The van der Waals surface area contributed by atoms with Crippen LogP contribution in [-0.2, 0) is 4.74 Å². The van der Waals surface area contributed by atoms with Gasteiger partial charge >= 0.3 is 5.97 Å². The van der Waals surface area contributed by atoms with E-state index < -0.39 is 12.1 Å². The van der Waals surface area contributed by atoms with Crippen molar-refractivity contribution >= 4 is 37.8 Å². The smallest absolute Gasteiger partial charge is 0.374 e. The number of hydrogen-bond acceptors (Lipinski definition) is 5. The van der Waals surface area contributed by atoms with E-state index in [1.807, 2.05) is 13.0 Å². The van der Waals surface area contributed by atoms with Crippen molar-refractivity contribution in [3.05, 3.63) is 46.3 Å². The molecule has 0 amide bonds. The summed E-state index contributed by atoms with van der Waals surface area (Å²) in [5.41, 5.74) is 0.786. The Morgan fingerprint density at radius 1 is 1.32 bits per heavy atom. The second-order valence-electron chi connectivity index (χ2n) is 4.71. The van der Waals surface area contributed by atoms with Gasteiger partial charge in [0, 0.05) is 10.0 Å². The summed E-state index contributed by atoms with van der Waals surface area (Å²) in [6.07, 6.45) is 0.918. The van der Waals surface area contributed by atoms with E-state index in [1.165, 1.54) is 6.26 Å². The van der Waals surface area contributed by atoms with Gasteiger partial charge in [0.1, 0.15) is 6.10 Å². The van der Waals surface area contributed by atoms with Gasteiger partial charge in [-0.25, -0.2) is 4.79 Å². The summed E-state index contributed by atoms with van der Waals surface area (Å²) in [7, 11) is 0. The molecule has 0 saturated heterocycles. The van der Waals surface area contributed by atoms with Crippen molar-refractivity contribution in [1.29, 1.82) is 0 Å². The summed E-state index contributed by atoms with van der Waals surface area (Å²) < 4.78 is 22.1. The Labute approximate surface area is 143 Å². The Hall–Kier alpha value is -1.47. The van der Waals surface area contributed by atoms with E-state index in [0.717, 1.165) is 10.0 Å². The van der Waals surface area contributed by atoms with Crippen LogP contribution in [0.25, 0.3) is 0 Å². The SMILES string of the molecule is C[C@@H](Br)[C@H](OC(=O)c1ccco1)c1cc2c(cc1Br)OCO2. The highest BCUT2D eigenvalue weighted by atomic mass is 79.9. The number of ether oxygens (including phenoxy) is 3. The average molecular weight is 432 g/mol. The molecule has 0 aliphatic carbocycles. The van der Waals surface area contributed by atoms with Gasteiger partial charge in [0.25, 0.3) is 0 Å². The Kier molecular flexibility index (Phi) is 4.44. The molecule has 1 aliphatic heterocycles. The molecular weight excluding hydrogens is 420 g/mol. The number of rotatable bonds is 4. The van der Waals surface area contributed by atoms with Crippen LogP contribution in [0.3, 0.4) is 0 Å². The molecule has 7 heteroatoms. The van der Waals surface area contributed by atoms with Gasteiger partial charge in [0.15, 0.2) is 11.5 Å². The van der Waals surface area contributed by atoms with Gasteiger partial charge < -0.3 is 18.6 Å². The lowest BCUT2D eigenvalue weighted by atomic mass is 10.1. The fourth-order valence-electron chi connectivity index (χ4n) is 2.12. The largest absolute Gasteiger partial charge is 0.457 e. The van der Waals surface area contributed by atoms with Crippen LogP contribution >= 0.6 is 31.9 Å². The number of furan rings is 1. The van der Waals surface area contributed by atoms with Crippen LogP contribution in [0, 0.1) is 0 Å². The van der Waals surface area contributed by atoms with Crippen molar-refractivity contribution in [3.63, 3.8) is 0 Å². The van der Waals surface area contributed by atoms with Crippen molar-refractivity contribution < 1.29 is 23.4 Å². The minimum Gasteiger partial charge on any atom is -0.457 e. The second-order valence-corrected chi connectivity index (χ2v) is 7.01. The van der Waals surface area contributed by atoms with Gasteiger partial charge in [-0.3, -0.25) is 0 Å². The molecule has 1 aliphatic rings. The molecule has 0 unspecified atom stereocenters. The highest BCUT2D eigenvalue weighted by Gasteiger charge is 2.28. The molecule has 0 radical (unpaired) electrons. The topological polar surface area (TPSA) is 57.9 Å². The molecule has 0 bridgehead atoms. The fraction of sp³-hybridized carbons (Fsp3) is 0.267. The molecule has 5 nitrogen and oxygen atoms in total. The van der Waals surface area contributed by atoms with E-state index in [1.54, 1.807) is 18.2 Å². The first-order valence-corrected chi connectivity index (χ1v) is 8.24. The molecule has 0 saturated carbocycles. The molecule has 0 spiro atoms. The summed E-state index contributed by atoms with van der Waals surface area (Å²) >= 11 is 6.97. The first-order valence-electron chi connectivity index (χ1n) is 6.54. The first-order chi connectivity index (χ1) is 10.6. The number of carbonyl (C=O) groups excluding carboxylic acids is 1. The van der Waals surface area contributed by atoms with Crippen LogP contribution in [0.1, 0.15) is 29.1 Å². The van der Waals surface area contributed by atoms with E-state index in [4.69, 9.17) is 18.6 Å². The maximum absolute atomic E-state index is 12.1. The Morgan fingerprint density at radius 3 is 2.68 bits per heavy atom. The van der Waals surface area contributed by atoms with Crippen molar-refractivity contribution in [2.24, 2.45) is 0 Å². The molecule has 0 N–H and O–H groups in total. The molecule has 2 heterocycles. The van der Waals surface area contributed by atoms with E-state index in [-0.39, 0.29) is 17.4 Å². The van der Waals surface area contributed by atoms with E-state index in [9.17, 15) is 4.79 Å². The number of carbonyl (C=O) groups is 1. The third kappa shape index (κ3) is 3.01. The van der Waals surface area contributed by atoms with Crippen LogP contribution in [0.15, 0.2) is 39.4 Å². The Morgan fingerprint density at radius 2 is 2.05 bits per heavy atom. The lowest BCUT2D eigenvalue weighted by Gasteiger charge is -2.21. The summed E-state index contributed by atoms with van der Waals surface area (Å²) in [5, 5.41) is 0. The van der Waals surface area contributed by atoms with Gasteiger partial charge in [-0.15, -0.1) is 0 Å². The molecule has 1 aromatic carbocycles. The number of esters is 1. The second kappa shape index (κ2) is 6.34. The maximum Gasteiger partial charge on any atom is 0.374 e.